The van der Waals surface area contributed by atoms with Crippen LogP contribution in [-0.4, -0.2) is 23.5 Å². The molecule has 1 aliphatic heterocycles. The van der Waals surface area contributed by atoms with Gasteiger partial charge in [0.25, 0.3) is 0 Å². The minimum atomic E-state index is 0.00156. The van der Waals surface area contributed by atoms with Crippen molar-refractivity contribution in [2.45, 2.75) is 25.4 Å². The molecule has 150 valence electrons. The Morgan fingerprint density at radius 1 is 1.10 bits per heavy atom. The van der Waals surface area contributed by atoms with Crippen LogP contribution in [0.5, 0.6) is 5.75 Å². The van der Waals surface area contributed by atoms with Crippen LogP contribution in [0.4, 0.5) is 0 Å². The molecule has 0 radical (unpaired) electrons. The zero-order valence-corrected chi connectivity index (χ0v) is 16.8. The predicted molar refractivity (Wildman–Crippen MR) is 117 cm³/mol. The molecule has 3 aromatic rings. The summed E-state index contributed by atoms with van der Waals surface area (Å²) < 4.78 is 6.17. The number of fused-ring (bicyclic) bond motifs is 5. The SMILES string of the molecule is O=C(NCC1Cc2c(ccc3cc(-c4cccnc4)ccc23)O1)[C@@H]1C[C@@H]2C=C[C@H]1C2. The lowest BCUT2D eigenvalue weighted by Gasteiger charge is -2.19. The second kappa shape index (κ2) is 6.98. The summed E-state index contributed by atoms with van der Waals surface area (Å²) in [6.45, 7) is 0.570. The molecule has 2 heterocycles. The molecule has 6 rings (SSSR count). The second-order valence-electron chi connectivity index (χ2n) is 8.80. The van der Waals surface area contributed by atoms with Gasteiger partial charge in [-0.2, -0.15) is 0 Å². The number of benzene rings is 2. The van der Waals surface area contributed by atoms with E-state index in [1.165, 1.54) is 16.3 Å². The summed E-state index contributed by atoms with van der Waals surface area (Å²) in [7, 11) is 0. The van der Waals surface area contributed by atoms with Crippen LogP contribution in [0.1, 0.15) is 18.4 Å². The smallest absolute Gasteiger partial charge is 0.223 e. The highest BCUT2D eigenvalue weighted by molar-refractivity contribution is 5.91. The number of carbonyl (C=O) groups excluding carboxylic acids is 1. The summed E-state index contributed by atoms with van der Waals surface area (Å²) >= 11 is 0. The Morgan fingerprint density at radius 3 is 2.87 bits per heavy atom. The van der Waals surface area contributed by atoms with Crippen molar-refractivity contribution in [1.82, 2.24) is 10.3 Å². The van der Waals surface area contributed by atoms with E-state index >= 15 is 0 Å². The molecule has 4 atom stereocenters. The summed E-state index contributed by atoms with van der Waals surface area (Å²) in [5.41, 5.74) is 3.53. The molecular formula is C26H24N2O2. The number of aromatic nitrogens is 1. The van der Waals surface area contributed by atoms with E-state index in [9.17, 15) is 4.79 Å². The van der Waals surface area contributed by atoms with E-state index in [4.69, 9.17) is 4.74 Å². The van der Waals surface area contributed by atoms with Crippen molar-refractivity contribution < 1.29 is 9.53 Å². The van der Waals surface area contributed by atoms with Gasteiger partial charge < -0.3 is 10.1 Å². The first kappa shape index (κ1) is 17.7. The Morgan fingerprint density at radius 2 is 2.07 bits per heavy atom. The third-order valence-corrected chi connectivity index (χ3v) is 6.93. The lowest BCUT2D eigenvalue weighted by molar-refractivity contribution is -0.126. The summed E-state index contributed by atoms with van der Waals surface area (Å²) in [5.74, 6) is 2.34. The van der Waals surface area contributed by atoms with Crippen LogP contribution in [0, 0.1) is 17.8 Å². The quantitative estimate of drug-likeness (QED) is 0.659. The Bertz CT molecular complexity index is 1150. The number of pyridine rings is 1. The summed E-state index contributed by atoms with van der Waals surface area (Å²) in [5, 5.41) is 5.59. The average Bonchev–Trinajstić information content (AvgIpc) is 3.53. The molecule has 0 spiro atoms. The van der Waals surface area contributed by atoms with Gasteiger partial charge in [-0.3, -0.25) is 9.78 Å². The highest BCUT2D eigenvalue weighted by Gasteiger charge is 2.40. The van der Waals surface area contributed by atoms with Gasteiger partial charge in [0.05, 0.1) is 6.54 Å². The van der Waals surface area contributed by atoms with Gasteiger partial charge in [0.15, 0.2) is 0 Å². The third-order valence-electron chi connectivity index (χ3n) is 6.93. The number of amides is 1. The van der Waals surface area contributed by atoms with Crippen LogP contribution in [0.15, 0.2) is 67.0 Å². The molecule has 1 saturated carbocycles. The number of ether oxygens (including phenoxy) is 1. The van der Waals surface area contributed by atoms with Crippen molar-refractivity contribution in [1.29, 1.82) is 0 Å². The number of allylic oxidation sites excluding steroid dienone is 2. The van der Waals surface area contributed by atoms with Crippen molar-refractivity contribution >= 4 is 16.7 Å². The van der Waals surface area contributed by atoms with Gasteiger partial charge in [-0.15, -0.1) is 0 Å². The highest BCUT2D eigenvalue weighted by atomic mass is 16.5. The Kier molecular flexibility index (Phi) is 4.12. The maximum Gasteiger partial charge on any atom is 0.223 e. The first-order chi connectivity index (χ1) is 14.7. The Labute approximate surface area is 176 Å². The number of hydrogen-bond acceptors (Lipinski definition) is 3. The van der Waals surface area contributed by atoms with E-state index in [0.29, 0.717) is 18.4 Å². The number of nitrogens with one attached hydrogen (secondary N) is 1. The third kappa shape index (κ3) is 2.98. The lowest BCUT2D eigenvalue weighted by Crippen LogP contribution is -2.39. The topological polar surface area (TPSA) is 51.2 Å². The fraction of sp³-hybridized carbons (Fsp3) is 0.308. The lowest BCUT2D eigenvalue weighted by atomic mass is 9.93. The zero-order valence-electron chi connectivity index (χ0n) is 16.8. The van der Waals surface area contributed by atoms with Crippen molar-refractivity contribution in [2.75, 3.05) is 6.54 Å². The molecule has 2 bridgehead atoms. The van der Waals surface area contributed by atoms with Gasteiger partial charge in [-0.1, -0.05) is 36.4 Å². The van der Waals surface area contributed by atoms with E-state index in [1.54, 1.807) is 6.20 Å². The van der Waals surface area contributed by atoms with Crippen LogP contribution < -0.4 is 10.1 Å². The predicted octanol–water partition coefficient (Wildman–Crippen LogP) is 4.53. The maximum atomic E-state index is 12.6. The molecule has 4 nitrogen and oxygen atoms in total. The van der Waals surface area contributed by atoms with Gasteiger partial charge in [0, 0.05) is 35.9 Å². The van der Waals surface area contributed by atoms with Crippen LogP contribution in [0.3, 0.4) is 0 Å². The van der Waals surface area contributed by atoms with E-state index in [1.807, 2.05) is 12.3 Å². The number of carbonyl (C=O) groups is 1. The minimum absolute atomic E-state index is 0.00156. The van der Waals surface area contributed by atoms with E-state index < -0.39 is 0 Å². The van der Waals surface area contributed by atoms with Crippen LogP contribution in [0.25, 0.3) is 21.9 Å². The van der Waals surface area contributed by atoms with Crippen LogP contribution in [0.2, 0.25) is 0 Å². The van der Waals surface area contributed by atoms with E-state index in [0.717, 1.165) is 36.1 Å². The van der Waals surface area contributed by atoms with Gasteiger partial charge in [0.1, 0.15) is 11.9 Å². The van der Waals surface area contributed by atoms with Gasteiger partial charge in [0.2, 0.25) is 5.91 Å². The largest absolute Gasteiger partial charge is 0.488 e. The first-order valence-corrected chi connectivity index (χ1v) is 10.8. The monoisotopic (exact) mass is 396 g/mol. The fourth-order valence-electron chi connectivity index (χ4n) is 5.40. The molecule has 1 aromatic heterocycles. The summed E-state index contributed by atoms with van der Waals surface area (Å²) in [6, 6.07) is 14.8. The molecule has 2 aromatic carbocycles. The second-order valence-corrected chi connectivity index (χ2v) is 8.80. The maximum absolute atomic E-state index is 12.6. The molecule has 30 heavy (non-hydrogen) atoms. The standard InChI is InChI=1S/C26H24N2O2/c29-26(23-11-16-3-4-18(23)10-16)28-15-21-13-24-22-7-5-17(20-2-1-9-27-14-20)12-19(22)6-8-25(24)30-21/h1-9,12,14,16,18,21,23H,10-11,13,15H2,(H,28,29)/t16-,18+,21?,23-/m1/s1. The number of rotatable bonds is 4. The number of hydrogen-bond donors (Lipinski definition) is 1. The molecule has 1 fully saturated rings. The summed E-state index contributed by atoms with van der Waals surface area (Å²) in [4.78, 5) is 16.9. The van der Waals surface area contributed by atoms with Crippen molar-refractivity contribution in [3.63, 3.8) is 0 Å². The summed E-state index contributed by atoms with van der Waals surface area (Å²) in [6.07, 6.45) is 11.2. The highest BCUT2D eigenvalue weighted by Crippen LogP contribution is 2.43. The van der Waals surface area contributed by atoms with Gasteiger partial charge in [-0.05, 0) is 59.2 Å². The molecule has 0 saturated heterocycles. The van der Waals surface area contributed by atoms with Crippen LogP contribution in [-0.2, 0) is 11.2 Å². The molecule has 1 amide bonds. The molecular weight excluding hydrogens is 372 g/mol. The Balaban J connectivity index is 1.17. The zero-order chi connectivity index (χ0) is 20.1. The molecule has 3 aliphatic rings. The van der Waals surface area contributed by atoms with Gasteiger partial charge in [-0.25, -0.2) is 0 Å². The minimum Gasteiger partial charge on any atom is -0.488 e. The molecule has 2 aliphatic carbocycles. The van der Waals surface area contributed by atoms with Crippen molar-refractivity contribution in [2.24, 2.45) is 17.8 Å². The fourth-order valence-corrected chi connectivity index (χ4v) is 5.40. The van der Waals surface area contributed by atoms with E-state index in [-0.39, 0.29) is 17.9 Å². The Hall–Kier alpha value is -3.14. The van der Waals surface area contributed by atoms with E-state index in [2.05, 4.69) is 58.9 Å². The van der Waals surface area contributed by atoms with Gasteiger partial charge >= 0.3 is 0 Å². The number of nitrogens with zero attached hydrogens (tertiary/aromatic N) is 1. The average molecular weight is 396 g/mol. The molecule has 1 unspecified atom stereocenters. The normalized spacial score (nSPS) is 26.0. The van der Waals surface area contributed by atoms with Crippen molar-refractivity contribution in [3.8, 4) is 16.9 Å². The first-order valence-electron chi connectivity index (χ1n) is 10.8. The molecule has 1 N–H and O–H groups in total. The molecule has 4 heteroatoms. The van der Waals surface area contributed by atoms with Crippen molar-refractivity contribution in [3.05, 3.63) is 72.6 Å². The van der Waals surface area contributed by atoms with Crippen LogP contribution >= 0.6 is 0 Å².